The van der Waals surface area contributed by atoms with Crippen molar-refractivity contribution in [1.82, 2.24) is 4.90 Å². The van der Waals surface area contributed by atoms with Gasteiger partial charge in [-0.1, -0.05) is 18.2 Å². The first-order valence-electron chi connectivity index (χ1n) is 6.17. The predicted molar refractivity (Wildman–Crippen MR) is 75.3 cm³/mol. The van der Waals surface area contributed by atoms with Crippen molar-refractivity contribution in [1.29, 1.82) is 0 Å². The molecule has 4 nitrogen and oxygen atoms in total. The van der Waals surface area contributed by atoms with Crippen LogP contribution in [0.1, 0.15) is 15.9 Å². The number of benzene rings is 1. The zero-order valence-electron chi connectivity index (χ0n) is 11.1. The molecule has 19 heavy (non-hydrogen) atoms. The highest BCUT2D eigenvalue weighted by Gasteiger charge is 2.34. The van der Waals surface area contributed by atoms with Crippen LogP contribution < -0.4 is 0 Å². The van der Waals surface area contributed by atoms with E-state index in [0.717, 1.165) is 11.3 Å². The van der Waals surface area contributed by atoms with Crippen LogP contribution in [0, 0.1) is 6.92 Å². The molecule has 0 aliphatic carbocycles. The molecule has 1 aliphatic rings. The lowest BCUT2D eigenvalue weighted by molar-refractivity contribution is -0.145. The van der Waals surface area contributed by atoms with E-state index < -0.39 is 6.04 Å². The molecule has 0 radical (unpaired) electrons. The molecule has 0 spiro atoms. The van der Waals surface area contributed by atoms with E-state index in [-0.39, 0.29) is 11.9 Å². The number of amides is 1. The van der Waals surface area contributed by atoms with Crippen LogP contribution in [-0.4, -0.2) is 48.0 Å². The van der Waals surface area contributed by atoms with Crippen molar-refractivity contribution in [3.8, 4) is 0 Å². The number of thioether (sulfide) groups is 1. The summed E-state index contributed by atoms with van der Waals surface area (Å²) in [6.07, 6.45) is 0. The molecule has 5 heteroatoms. The van der Waals surface area contributed by atoms with E-state index in [1.807, 2.05) is 25.1 Å². The van der Waals surface area contributed by atoms with Crippen molar-refractivity contribution in [2.75, 3.05) is 25.2 Å². The fraction of sp³-hybridized carbons (Fsp3) is 0.429. The molecule has 1 saturated heterocycles. The highest BCUT2D eigenvalue weighted by molar-refractivity contribution is 7.99. The topological polar surface area (TPSA) is 46.6 Å². The maximum Gasteiger partial charge on any atom is 0.329 e. The Hall–Kier alpha value is -1.49. The van der Waals surface area contributed by atoms with Gasteiger partial charge in [-0.15, -0.1) is 0 Å². The highest BCUT2D eigenvalue weighted by atomic mass is 32.2. The Morgan fingerprint density at radius 1 is 1.37 bits per heavy atom. The van der Waals surface area contributed by atoms with E-state index >= 15 is 0 Å². The Bertz CT molecular complexity index is 489. The van der Waals surface area contributed by atoms with Crippen LogP contribution in [-0.2, 0) is 9.53 Å². The second-order valence-corrected chi connectivity index (χ2v) is 5.58. The quantitative estimate of drug-likeness (QED) is 0.773. The van der Waals surface area contributed by atoms with Crippen molar-refractivity contribution in [2.24, 2.45) is 0 Å². The predicted octanol–water partition coefficient (Wildman–Crippen LogP) is 1.73. The summed E-state index contributed by atoms with van der Waals surface area (Å²) in [5.74, 6) is 1.03. The fourth-order valence-electron chi connectivity index (χ4n) is 2.15. The van der Waals surface area contributed by atoms with Crippen molar-refractivity contribution < 1.29 is 14.3 Å². The van der Waals surface area contributed by atoms with E-state index in [2.05, 4.69) is 0 Å². The van der Waals surface area contributed by atoms with Crippen LogP contribution in [0.15, 0.2) is 24.3 Å². The van der Waals surface area contributed by atoms with Gasteiger partial charge in [-0.05, 0) is 18.6 Å². The first-order chi connectivity index (χ1) is 9.15. The summed E-state index contributed by atoms with van der Waals surface area (Å²) in [7, 11) is 1.36. The van der Waals surface area contributed by atoms with Gasteiger partial charge in [-0.25, -0.2) is 4.79 Å². The van der Waals surface area contributed by atoms with Gasteiger partial charge >= 0.3 is 5.97 Å². The number of carbonyl (C=O) groups excluding carboxylic acids is 2. The van der Waals surface area contributed by atoms with Crippen LogP contribution >= 0.6 is 11.8 Å². The summed E-state index contributed by atoms with van der Waals surface area (Å²) in [6, 6.07) is 6.96. The number of ether oxygens (including phenoxy) is 1. The average molecular weight is 279 g/mol. The zero-order valence-corrected chi connectivity index (χ0v) is 11.9. The molecule has 1 amide bonds. The molecule has 1 atom stereocenters. The van der Waals surface area contributed by atoms with Gasteiger partial charge in [0.05, 0.1) is 7.11 Å². The Morgan fingerprint density at radius 3 is 2.79 bits per heavy atom. The molecular weight excluding hydrogens is 262 g/mol. The van der Waals surface area contributed by atoms with Crippen LogP contribution in [0.25, 0.3) is 0 Å². The fourth-order valence-corrected chi connectivity index (χ4v) is 3.18. The average Bonchev–Trinajstić information content (AvgIpc) is 2.46. The van der Waals surface area contributed by atoms with Crippen LogP contribution in [0.4, 0.5) is 0 Å². The molecule has 0 aromatic heterocycles. The number of nitrogens with zero attached hydrogens (tertiary/aromatic N) is 1. The minimum Gasteiger partial charge on any atom is -0.467 e. The summed E-state index contributed by atoms with van der Waals surface area (Å²) < 4.78 is 4.79. The molecule has 1 fully saturated rings. The molecule has 1 heterocycles. The van der Waals surface area contributed by atoms with Crippen LogP contribution in [0.3, 0.4) is 0 Å². The van der Waals surface area contributed by atoms with Crippen molar-refractivity contribution in [2.45, 2.75) is 13.0 Å². The SMILES string of the molecule is COC(=O)C1CSCCN1C(=O)c1ccccc1C. The van der Waals surface area contributed by atoms with Crippen molar-refractivity contribution in [3.05, 3.63) is 35.4 Å². The van der Waals surface area contributed by atoms with Gasteiger partial charge in [0, 0.05) is 23.6 Å². The number of hydrogen-bond donors (Lipinski definition) is 0. The second-order valence-electron chi connectivity index (χ2n) is 4.43. The van der Waals surface area contributed by atoms with E-state index in [9.17, 15) is 9.59 Å². The minimum absolute atomic E-state index is 0.0891. The van der Waals surface area contributed by atoms with Gasteiger partial charge in [-0.2, -0.15) is 11.8 Å². The molecule has 1 unspecified atom stereocenters. The smallest absolute Gasteiger partial charge is 0.329 e. The van der Waals surface area contributed by atoms with E-state index in [1.165, 1.54) is 7.11 Å². The third kappa shape index (κ3) is 2.92. The molecule has 2 rings (SSSR count). The Kier molecular flexibility index (Phi) is 4.47. The molecule has 0 bridgehead atoms. The third-order valence-corrected chi connectivity index (χ3v) is 4.26. The zero-order chi connectivity index (χ0) is 13.8. The van der Waals surface area contributed by atoms with Gasteiger partial charge < -0.3 is 9.64 Å². The van der Waals surface area contributed by atoms with E-state index in [4.69, 9.17) is 4.74 Å². The van der Waals surface area contributed by atoms with Crippen molar-refractivity contribution in [3.63, 3.8) is 0 Å². The van der Waals surface area contributed by atoms with Gasteiger partial charge in [0.1, 0.15) is 6.04 Å². The van der Waals surface area contributed by atoms with Gasteiger partial charge in [-0.3, -0.25) is 4.79 Å². The first-order valence-corrected chi connectivity index (χ1v) is 7.32. The van der Waals surface area contributed by atoms with Gasteiger partial charge in [0.15, 0.2) is 0 Å². The number of hydrogen-bond acceptors (Lipinski definition) is 4. The molecular formula is C14H17NO3S. The number of esters is 1. The summed E-state index contributed by atoms with van der Waals surface area (Å²) in [5.41, 5.74) is 1.58. The Morgan fingerprint density at radius 2 is 2.11 bits per heavy atom. The Balaban J connectivity index is 2.25. The number of rotatable bonds is 2. The monoisotopic (exact) mass is 279 g/mol. The van der Waals surface area contributed by atoms with Crippen LogP contribution in [0.5, 0.6) is 0 Å². The largest absolute Gasteiger partial charge is 0.467 e. The minimum atomic E-state index is -0.476. The van der Waals surface area contributed by atoms with E-state index in [1.54, 1.807) is 22.7 Å². The lowest BCUT2D eigenvalue weighted by Crippen LogP contribution is -2.50. The maximum absolute atomic E-state index is 12.6. The molecule has 0 saturated carbocycles. The third-order valence-electron chi connectivity index (χ3n) is 3.24. The molecule has 0 N–H and O–H groups in total. The summed E-state index contributed by atoms with van der Waals surface area (Å²) in [6.45, 7) is 2.48. The number of carbonyl (C=O) groups is 2. The number of methoxy groups -OCH3 is 1. The number of aryl methyl sites for hydroxylation is 1. The first kappa shape index (κ1) is 13.9. The van der Waals surface area contributed by atoms with Gasteiger partial charge in [0.2, 0.25) is 0 Å². The highest BCUT2D eigenvalue weighted by Crippen LogP contribution is 2.21. The molecule has 102 valence electrons. The lowest BCUT2D eigenvalue weighted by atomic mass is 10.1. The van der Waals surface area contributed by atoms with Crippen LogP contribution in [0.2, 0.25) is 0 Å². The standard InChI is InChI=1S/C14H17NO3S/c1-10-5-3-4-6-11(10)13(16)15-7-8-19-9-12(15)14(17)18-2/h3-6,12H,7-9H2,1-2H3. The maximum atomic E-state index is 12.6. The van der Waals surface area contributed by atoms with Crippen molar-refractivity contribution >= 4 is 23.6 Å². The summed E-state index contributed by atoms with van der Waals surface area (Å²) in [4.78, 5) is 26.0. The summed E-state index contributed by atoms with van der Waals surface area (Å²) >= 11 is 1.67. The molecule has 1 aromatic rings. The second kappa shape index (κ2) is 6.10. The Labute approximate surface area is 117 Å². The summed E-state index contributed by atoms with van der Waals surface area (Å²) in [5, 5.41) is 0. The molecule has 1 aliphatic heterocycles. The lowest BCUT2D eigenvalue weighted by Gasteiger charge is -2.33. The van der Waals surface area contributed by atoms with Gasteiger partial charge in [0.25, 0.3) is 5.91 Å². The molecule has 1 aromatic carbocycles. The van der Waals surface area contributed by atoms with E-state index in [0.29, 0.717) is 17.9 Å². The normalized spacial score (nSPS) is 19.1.